The SMILES string of the molecule is C=C/C=C\C(=C)N(C)CCC(=C)CC. The van der Waals surface area contributed by atoms with Gasteiger partial charge in [0.2, 0.25) is 0 Å². The second-order valence-corrected chi connectivity index (χ2v) is 3.36. The van der Waals surface area contributed by atoms with E-state index in [2.05, 4.69) is 31.6 Å². The topological polar surface area (TPSA) is 3.24 Å². The fraction of sp³-hybridized carbons (Fsp3) is 0.385. The monoisotopic (exact) mass is 191 g/mol. The molecule has 0 aromatic carbocycles. The molecule has 0 N–H and O–H groups in total. The third kappa shape index (κ3) is 5.41. The highest BCUT2D eigenvalue weighted by molar-refractivity contribution is 5.17. The zero-order valence-electron chi connectivity index (χ0n) is 9.42. The predicted octanol–water partition coefficient (Wildman–Crippen LogP) is 3.53. The molecule has 0 rings (SSSR count). The van der Waals surface area contributed by atoms with Crippen LogP contribution in [0.2, 0.25) is 0 Å². The summed E-state index contributed by atoms with van der Waals surface area (Å²) < 4.78 is 0. The lowest BCUT2D eigenvalue weighted by Crippen LogP contribution is -2.17. The van der Waals surface area contributed by atoms with Crippen LogP contribution in [0.5, 0.6) is 0 Å². The normalized spacial score (nSPS) is 10.1. The molecule has 0 spiro atoms. The lowest BCUT2D eigenvalue weighted by Gasteiger charge is -2.19. The Labute approximate surface area is 88.1 Å². The van der Waals surface area contributed by atoms with Crippen LogP contribution < -0.4 is 0 Å². The number of rotatable bonds is 7. The van der Waals surface area contributed by atoms with Crippen molar-refractivity contribution in [1.82, 2.24) is 4.90 Å². The van der Waals surface area contributed by atoms with E-state index in [1.807, 2.05) is 19.2 Å². The highest BCUT2D eigenvalue weighted by Gasteiger charge is 1.98. The molecule has 0 heterocycles. The molecule has 0 fully saturated rings. The van der Waals surface area contributed by atoms with Crippen LogP contribution in [0.25, 0.3) is 0 Å². The van der Waals surface area contributed by atoms with Crippen LogP contribution in [0.15, 0.2) is 49.2 Å². The van der Waals surface area contributed by atoms with Gasteiger partial charge in [-0.1, -0.05) is 44.4 Å². The standard InChI is InChI=1S/C13H21N/c1-6-8-9-13(4)14(5)11-10-12(3)7-2/h6,8-9H,1,3-4,7,10-11H2,2,5H3/b9-8-. The summed E-state index contributed by atoms with van der Waals surface area (Å²) in [5.41, 5.74) is 2.30. The molecule has 0 unspecified atom stereocenters. The summed E-state index contributed by atoms with van der Waals surface area (Å²) in [5, 5.41) is 0. The van der Waals surface area contributed by atoms with Crippen LogP contribution in [0.1, 0.15) is 19.8 Å². The average molecular weight is 191 g/mol. The van der Waals surface area contributed by atoms with Crippen molar-refractivity contribution < 1.29 is 0 Å². The van der Waals surface area contributed by atoms with Crippen LogP contribution in [-0.2, 0) is 0 Å². The van der Waals surface area contributed by atoms with Crippen molar-refractivity contribution in [2.75, 3.05) is 13.6 Å². The molecule has 0 aliphatic rings. The van der Waals surface area contributed by atoms with E-state index >= 15 is 0 Å². The van der Waals surface area contributed by atoms with E-state index < -0.39 is 0 Å². The summed E-state index contributed by atoms with van der Waals surface area (Å²) in [6, 6.07) is 0. The van der Waals surface area contributed by atoms with Crippen LogP contribution >= 0.6 is 0 Å². The van der Waals surface area contributed by atoms with Crippen LogP contribution in [0, 0.1) is 0 Å². The Bertz CT molecular complexity index is 236. The van der Waals surface area contributed by atoms with Crippen molar-refractivity contribution in [2.45, 2.75) is 19.8 Å². The first-order valence-electron chi connectivity index (χ1n) is 4.97. The van der Waals surface area contributed by atoms with Crippen molar-refractivity contribution >= 4 is 0 Å². The van der Waals surface area contributed by atoms with Gasteiger partial charge in [0.1, 0.15) is 0 Å². The first-order chi connectivity index (χ1) is 6.61. The predicted molar refractivity (Wildman–Crippen MR) is 65.2 cm³/mol. The van der Waals surface area contributed by atoms with E-state index in [1.54, 1.807) is 6.08 Å². The second kappa shape index (κ2) is 7.19. The minimum Gasteiger partial charge on any atom is -0.375 e. The van der Waals surface area contributed by atoms with E-state index in [4.69, 9.17) is 0 Å². The Hall–Kier alpha value is -1.24. The summed E-state index contributed by atoms with van der Waals surface area (Å²) in [6.45, 7) is 14.7. The van der Waals surface area contributed by atoms with Gasteiger partial charge in [-0.3, -0.25) is 0 Å². The second-order valence-electron chi connectivity index (χ2n) is 3.36. The van der Waals surface area contributed by atoms with E-state index in [1.165, 1.54) is 5.57 Å². The van der Waals surface area contributed by atoms with Crippen molar-refractivity contribution in [3.63, 3.8) is 0 Å². The van der Waals surface area contributed by atoms with E-state index in [0.29, 0.717) is 0 Å². The molecular weight excluding hydrogens is 170 g/mol. The van der Waals surface area contributed by atoms with Gasteiger partial charge in [0, 0.05) is 19.3 Å². The molecule has 0 saturated heterocycles. The molecule has 0 aliphatic carbocycles. The maximum absolute atomic E-state index is 3.98. The van der Waals surface area contributed by atoms with Gasteiger partial charge in [0.25, 0.3) is 0 Å². The van der Waals surface area contributed by atoms with Crippen molar-refractivity contribution in [1.29, 1.82) is 0 Å². The maximum atomic E-state index is 3.98. The quantitative estimate of drug-likeness (QED) is 0.439. The Balaban J connectivity index is 3.89. The van der Waals surface area contributed by atoms with E-state index in [0.717, 1.165) is 25.1 Å². The van der Waals surface area contributed by atoms with Crippen molar-refractivity contribution in [3.8, 4) is 0 Å². The van der Waals surface area contributed by atoms with E-state index in [9.17, 15) is 0 Å². The largest absolute Gasteiger partial charge is 0.375 e. The Morgan fingerprint density at radius 3 is 2.50 bits per heavy atom. The van der Waals surface area contributed by atoms with Gasteiger partial charge < -0.3 is 4.90 Å². The van der Waals surface area contributed by atoms with Crippen LogP contribution in [0.4, 0.5) is 0 Å². The molecule has 0 aliphatic heterocycles. The van der Waals surface area contributed by atoms with Gasteiger partial charge >= 0.3 is 0 Å². The zero-order valence-corrected chi connectivity index (χ0v) is 9.42. The first kappa shape index (κ1) is 12.8. The van der Waals surface area contributed by atoms with Gasteiger partial charge in [0.15, 0.2) is 0 Å². The number of nitrogens with zero attached hydrogens (tertiary/aromatic N) is 1. The number of hydrogen-bond donors (Lipinski definition) is 0. The fourth-order valence-corrected chi connectivity index (χ4v) is 0.953. The first-order valence-corrected chi connectivity index (χ1v) is 4.97. The minimum atomic E-state index is 0.979. The van der Waals surface area contributed by atoms with Gasteiger partial charge in [0.05, 0.1) is 0 Å². The molecular formula is C13H21N. The molecule has 0 bridgehead atoms. The fourth-order valence-electron chi connectivity index (χ4n) is 0.953. The van der Waals surface area contributed by atoms with Gasteiger partial charge in [-0.25, -0.2) is 0 Å². The molecule has 78 valence electrons. The lowest BCUT2D eigenvalue weighted by molar-refractivity contribution is 0.434. The molecule has 1 heteroatoms. The highest BCUT2D eigenvalue weighted by Crippen LogP contribution is 2.07. The molecule has 0 aromatic rings. The van der Waals surface area contributed by atoms with Crippen LogP contribution in [0.3, 0.4) is 0 Å². The maximum Gasteiger partial charge on any atom is 0.0290 e. The molecule has 0 aromatic heterocycles. The van der Waals surface area contributed by atoms with Crippen LogP contribution in [-0.4, -0.2) is 18.5 Å². The average Bonchev–Trinajstić information content (AvgIpc) is 2.21. The van der Waals surface area contributed by atoms with Gasteiger partial charge in [-0.05, 0) is 18.9 Å². The smallest absolute Gasteiger partial charge is 0.0290 e. The number of allylic oxidation sites excluding steroid dienone is 3. The van der Waals surface area contributed by atoms with Gasteiger partial charge in [-0.15, -0.1) is 0 Å². The van der Waals surface area contributed by atoms with E-state index in [-0.39, 0.29) is 0 Å². The highest BCUT2D eigenvalue weighted by atomic mass is 15.1. The summed E-state index contributed by atoms with van der Waals surface area (Å²) in [7, 11) is 2.04. The van der Waals surface area contributed by atoms with Gasteiger partial charge in [-0.2, -0.15) is 0 Å². The summed E-state index contributed by atoms with van der Waals surface area (Å²) in [4.78, 5) is 2.13. The summed E-state index contributed by atoms with van der Waals surface area (Å²) >= 11 is 0. The Morgan fingerprint density at radius 2 is 2.00 bits per heavy atom. The lowest BCUT2D eigenvalue weighted by atomic mass is 10.1. The number of likely N-dealkylation sites (N-methyl/N-ethyl adjacent to an activating group) is 1. The molecule has 0 radical (unpaired) electrons. The Morgan fingerprint density at radius 1 is 1.36 bits per heavy atom. The third-order valence-corrected chi connectivity index (χ3v) is 2.22. The minimum absolute atomic E-state index is 0.979. The third-order valence-electron chi connectivity index (χ3n) is 2.22. The molecule has 0 atom stereocenters. The zero-order chi connectivity index (χ0) is 11.0. The summed E-state index contributed by atoms with van der Waals surface area (Å²) in [6.07, 6.45) is 7.70. The summed E-state index contributed by atoms with van der Waals surface area (Å²) in [5.74, 6) is 0. The van der Waals surface area contributed by atoms with Crippen molar-refractivity contribution in [3.05, 3.63) is 49.2 Å². The molecule has 1 nitrogen and oxygen atoms in total. The molecule has 0 saturated carbocycles. The Kier molecular flexibility index (Phi) is 6.55. The molecule has 0 amide bonds. The molecule has 14 heavy (non-hydrogen) atoms. The van der Waals surface area contributed by atoms with Crippen molar-refractivity contribution in [2.24, 2.45) is 0 Å². The number of hydrogen-bond acceptors (Lipinski definition) is 1.